The molecule has 4 nitrogen and oxygen atoms in total. The average Bonchev–Trinajstić information content (AvgIpc) is 3.03. The monoisotopic (exact) mass is 361 g/mol. The van der Waals surface area contributed by atoms with Crippen molar-refractivity contribution in [2.24, 2.45) is 0 Å². The third kappa shape index (κ3) is 2.62. The highest BCUT2D eigenvalue weighted by molar-refractivity contribution is 7.21. The molecule has 0 radical (unpaired) electrons. The Kier molecular flexibility index (Phi) is 3.93. The highest BCUT2D eigenvalue weighted by atomic mass is 32.1. The second-order valence-electron chi connectivity index (χ2n) is 6.04. The van der Waals surface area contributed by atoms with Gasteiger partial charge >= 0.3 is 5.97 Å². The van der Waals surface area contributed by atoms with Crippen LogP contribution in [0.3, 0.4) is 0 Å². The predicted molar refractivity (Wildman–Crippen MR) is 105 cm³/mol. The first-order valence-electron chi connectivity index (χ1n) is 8.10. The van der Waals surface area contributed by atoms with Crippen molar-refractivity contribution < 1.29 is 9.90 Å². The number of carboxylic acids is 1. The fraction of sp³-hybridized carbons (Fsp3) is 0.0476. The highest BCUT2D eigenvalue weighted by Crippen LogP contribution is 2.39. The number of carbonyl (C=O) groups is 1. The Hall–Kier alpha value is -3.18. The molecule has 2 aromatic carbocycles. The summed E-state index contributed by atoms with van der Waals surface area (Å²) in [7, 11) is 0. The van der Waals surface area contributed by atoms with Gasteiger partial charge in [-0.25, -0.2) is 4.79 Å². The number of thiophene rings is 1. The number of para-hydroxylation sites is 1. The quantitative estimate of drug-likeness (QED) is 0.574. The fourth-order valence-electron chi connectivity index (χ4n) is 3.06. The summed E-state index contributed by atoms with van der Waals surface area (Å²) in [6.45, 7) is 1.99. The molecule has 4 aromatic rings. The molecule has 0 bridgehead atoms. The summed E-state index contributed by atoms with van der Waals surface area (Å²) < 4.78 is 1.57. The van der Waals surface area contributed by atoms with Gasteiger partial charge in [-0.2, -0.15) is 0 Å². The van der Waals surface area contributed by atoms with Crippen molar-refractivity contribution in [1.82, 2.24) is 4.57 Å². The van der Waals surface area contributed by atoms with E-state index in [4.69, 9.17) is 0 Å². The summed E-state index contributed by atoms with van der Waals surface area (Å²) in [5.41, 5.74) is 3.13. The van der Waals surface area contributed by atoms with Crippen molar-refractivity contribution in [2.75, 3.05) is 0 Å². The van der Waals surface area contributed by atoms with Gasteiger partial charge in [-0.1, -0.05) is 48.0 Å². The van der Waals surface area contributed by atoms with Gasteiger partial charge in [0.2, 0.25) is 0 Å². The summed E-state index contributed by atoms with van der Waals surface area (Å²) in [5.74, 6) is -0.992. The molecule has 26 heavy (non-hydrogen) atoms. The lowest BCUT2D eigenvalue weighted by Crippen LogP contribution is -2.16. The molecule has 5 heteroatoms. The van der Waals surface area contributed by atoms with Crippen LogP contribution >= 0.6 is 11.3 Å². The molecular formula is C21H15NO3S. The SMILES string of the molecule is Cc1ccc(-c2c(C(=O)O)sc3c2ccc(=O)n3-c2ccccc2)cc1. The van der Waals surface area contributed by atoms with Crippen molar-refractivity contribution in [3.05, 3.63) is 87.5 Å². The van der Waals surface area contributed by atoms with E-state index in [2.05, 4.69) is 0 Å². The van der Waals surface area contributed by atoms with Crippen LogP contribution in [-0.4, -0.2) is 15.6 Å². The predicted octanol–water partition coefficient (Wildman–Crippen LogP) is 4.73. The number of aryl methyl sites for hydroxylation is 1. The van der Waals surface area contributed by atoms with Gasteiger partial charge in [0.15, 0.2) is 0 Å². The van der Waals surface area contributed by atoms with Gasteiger partial charge in [-0.3, -0.25) is 9.36 Å². The smallest absolute Gasteiger partial charge is 0.346 e. The van der Waals surface area contributed by atoms with E-state index in [9.17, 15) is 14.7 Å². The van der Waals surface area contributed by atoms with Crippen molar-refractivity contribution in [2.45, 2.75) is 6.92 Å². The number of pyridine rings is 1. The van der Waals surface area contributed by atoms with Crippen LogP contribution in [-0.2, 0) is 0 Å². The lowest BCUT2D eigenvalue weighted by Gasteiger charge is -2.07. The molecule has 0 aliphatic carbocycles. The van der Waals surface area contributed by atoms with Crippen molar-refractivity contribution >= 4 is 27.5 Å². The van der Waals surface area contributed by atoms with E-state index in [0.717, 1.165) is 33.5 Å². The Labute approximate surface area is 153 Å². The Balaban J connectivity index is 2.10. The first-order chi connectivity index (χ1) is 12.6. The minimum atomic E-state index is -0.992. The molecular weight excluding hydrogens is 346 g/mol. The molecule has 128 valence electrons. The number of rotatable bonds is 3. The Morgan fingerprint density at radius 2 is 1.65 bits per heavy atom. The van der Waals surface area contributed by atoms with E-state index < -0.39 is 5.97 Å². The van der Waals surface area contributed by atoms with Gasteiger partial charge in [0.1, 0.15) is 9.71 Å². The standard InChI is InChI=1S/C21H15NO3S/c1-13-7-9-14(10-8-13)18-16-11-12-17(23)22(15-5-3-2-4-6-15)20(16)26-19(18)21(24)25/h2-12H,1H3,(H,24,25). The summed E-state index contributed by atoms with van der Waals surface area (Å²) in [4.78, 5) is 25.3. The topological polar surface area (TPSA) is 59.3 Å². The van der Waals surface area contributed by atoms with E-state index in [1.807, 2.05) is 61.5 Å². The maximum absolute atomic E-state index is 12.5. The zero-order chi connectivity index (χ0) is 18.3. The van der Waals surface area contributed by atoms with Gasteiger partial charge in [-0.15, -0.1) is 11.3 Å². The second kappa shape index (κ2) is 6.28. The van der Waals surface area contributed by atoms with E-state index >= 15 is 0 Å². The Morgan fingerprint density at radius 1 is 0.962 bits per heavy atom. The van der Waals surface area contributed by atoms with Crippen LogP contribution < -0.4 is 5.56 Å². The maximum atomic E-state index is 12.5. The number of aromatic carboxylic acids is 1. The van der Waals surface area contributed by atoms with Crippen LogP contribution in [0.5, 0.6) is 0 Å². The van der Waals surface area contributed by atoms with Crippen LogP contribution in [0, 0.1) is 6.92 Å². The number of nitrogens with zero attached hydrogens (tertiary/aromatic N) is 1. The Bertz CT molecular complexity index is 1170. The van der Waals surface area contributed by atoms with E-state index in [-0.39, 0.29) is 10.4 Å². The van der Waals surface area contributed by atoms with Crippen LogP contribution in [0.2, 0.25) is 0 Å². The van der Waals surface area contributed by atoms with Crippen LogP contribution in [0.4, 0.5) is 0 Å². The lowest BCUT2D eigenvalue weighted by atomic mass is 10.0. The third-order valence-electron chi connectivity index (χ3n) is 4.29. The molecule has 0 amide bonds. The minimum Gasteiger partial charge on any atom is -0.477 e. The highest BCUT2D eigenvalue weighted by Gasteiger charge is 2.21. The summed E-state index contributed by atoms with van der Waals surface area (Å²) >= 11 is 1.13. The molecule has 2 heterocycles. The van der Waals surface area contributed by atoms with E-state index in [1.54, 1.807) is 10.6 Å². The molecule has 1 N–H and O–H groups in total. The number of hydrogen-bond donors (Lipinski definition) is 1. The van der Waals surface area contributed by atoms with Gasteiger partial charge < -0.3 is 5.11 Å². The van der Waals surface area contributed by atoms with Crippen LogP contribution in [0.25, 0.3) is 27.0 Å². The molecule has 0 aliphatic heterocycles. The molecule has 0 saturated heterocycles. The summed E-state index contributed by atoms with van der Waals surface area (Å²) in [6, 6.07) is 20.2. The summed E-state index contributed by atoms with van der Waals surface area (Å²) in [6.07, 6.45) is 0. The van der Waals surface area contributed by atoms with E-state index in [0.29, 0.717) is 10.4 Å². The van der Waals surface area contributed by atoms with Crippen LogP contribution in [0.1, 0.15) is 15.2 Å². The zero-order valence-corrected chi connectivity index (χ0v) is 14.8. The number of aromatic nitrogens is 1. The van der Waals surface area contributed by atoms with Gasteiger partial charge in [0.25, 0.3) is 5.56 Å². The lowest BCUT2D eigenvalue weighted by molar-refractivity contribution is 0.0703. The number of carboxylic acid groups (broad SMARTS) is 1. The first kappa shape index (κ1) is 16.3. The van der Waals surface area contributed by atoms with Gasteiger partial charge in [-0.05, 0) is 30.7 Å². The summed E-state index contributed by atoms with van der Waals surface area (Å²) in [5, 5.41) is 10.5. The normalized spacial score (nSPS) is 11.0. The number of hydrogen-bond acceptors (Lipinski definition) is 3. The molecule has 0 saturated carbocycles. The van der Waals surface area contributed by atoms with Crippen LogP contribution in [0.15, 0.2) is 71.5 Å². The van der Waals surface area contributed by atoms with Crippen molar-refractivity contribution in [3.63, 3.8) is 0 Å². The Morgan fingerprint density at radius 3 is 2.31 bits per heavy atom. The molecule has 0 aliphatic rings. The van der Waals surface area contributed by atoms with E-state index in [1.165, 1.54) is 6.07 Å². The maximum Gasteiger partial charge on any atom is 0.346 e. The number of fused-ring (bicyclic) bond motifs is 1. The molecule has 0 unspecified atom stereocenters. The zero-order valence-electron chi connectivity index (χ0n) is 14.0. The van der Waals surface area contributed by atoms with Crippen molar-refractivity contribution in [1.29, 1.82) is 0 Å². The fourth-order valence-corrected chi connectivity index (χ4v) is 4.24. The number of benzene rings is 2. The molecule has 0 atom stereocenters. The molecule has 2 aromatic heterocycles. The largest absolute Gasteiger partial charge is 0.477 e. The minimum absolute atomic E-state index is 0.183. The molecule has 0 fully saturated rings. The second-order valence-corrected chi connectivity index (χ2v) is 7.04. The average molecular weight is 361 g/mol. The molecule has 4 rings (SSSR count). The van der Waals surface area contributed by atoms with Gasteiger partial charge in [0, 0.05) is 17.0 Å². The third-order valence-corrected chi connectivity index (χ3v) is 5.47. The molecule has 0 spiro atoms. The van der Waals surface area contributed by atoms with Gasteiger partial charge in [0.05, 0.1) is 5.69 Å². The van der Waals surface area contributed by atoms with Crippen molar-refractivity contribution in [3.8, 4) is 16.8 Å². The first-order valence-corrected chi connectivity index (χ1v) is 8.92.